The summed E-state index contributed by atoms with van der Waals surface area (Å²) in [7, 11) is 0. The van der Waals surface area contributed by atoms with Crippen LogP contribution in [0.3, 0.4) is 0 Å². The Labute approximate surface area is 273 Å². The van der Waals surface area contributed by atoms with Crippen molar-refractivity contribution in [2.75, 3.05) is 13.2 Å². The number of aliphatic hydroxyl groups is 5. The van der Waals surface area contributed by atoms with Crippen LogP contribution in [0.25, 0.3) is 0 Å². The zero-order valence-electron chi connectivity index (χ0n) is 26.5. The lowest BCUT2D eigenvalue weighted by atomic mass is 9.94. The highest BCUT2D eigenvalue weighted by atomic mass is 16.7. The molecule has 2 saturated heterocycles. The summed E-state index contributed by atoms with van der Waals surface area (Å²) in [4.78, 5) is 72.0. The highest BCUT2D eigenvalue weighted by Crippen LogP contribution is 2.31. The number of amides is 4. The molecule has 13 atom stereocenters. The van der Waals surface area contributed by atoms with Crippen molar-refractivity contribution in [3.63, 3.8) is 0 Å². The smallest absolute Gasteiger partial charge is 0.326 e. The first-order chi connectivity index (χ1) is 22.4. The maximum Gasteiger partial charge on any atom is 0.326 e. The first kappa shape index (κ1) is 40.6. The average molecular weight is 697 g/mol. The van der Waals surface area contributed by atoms with Crippen LogP contribution in [-0.4, -0.2) is 164 Å². The minimum Gasteiger partial charge on any atom is -0.481 e. The van der Waals surface area contributed by atoms with Crippen molar-refractivity contribution in [1.82, 2.24) is 21.3 Å². The second kappa shape index (κ2) is 18.3. The lowest BCUT2D eigenvalue weighted by molar-refractivity contribution is -0.333. The van der Waals surface area contributed by atoms with Crippen LogP contribution in [0.5, 0.6) is 0 Å². The Morgan fingerprint density at radius 1 is 0.771 bits per heavy atom. The molecule has 2 heterocycles. The number of carboxylic acids is 2. The van der Waals surface area contributed by atoms with Gasteiger partial charge in [0.1, 0.15) is 66.9 Å². The molecule has 4 amide bonds. The molecular formula is C27H44N4O17. The molecule has 0 saturated carbocycles. The largest absolute Gasteiger partial charge is 0.481 e. The lowest BCUT2D eigenvalue weighted by Crippen LogP contribution is -2.70. The second-order valence-electron chi connectivity index (χ2n) is 11.3. The molecule has 0 radical (unpaired) electrons. The molecule has 0 bridgehead atoms. The number of hydrogen-bond acceptors (Lipinski definition) is 15. The Balaban J connectivity index is 2.34. The van der Waals surface area contributed by atoms with Crippen LogP contribution in [0.15, 0.2) is 0 Å². The minimum absolute atomic E-state index is 0.427. The first-order valence-corrected chi connectivity index (χ1v) is 14.9. The molecule has 0 aromatic carbocycles. The van der Waals surface area contributed by atoms with Crippen LogP contribution >= 0.6 is 0 Å². The van der Waals surface area contributed by atoms with Gasteiger partial charge in [0.05, 0.1) is 13.2 Å². The summed E-state index contributed by atoms with van der Waals surface area (Å²) in [5, 5.41) is 78.8. The van der Waals surface area contributed by atoms with Crippen LogP contribution in [0.2, 0.25) is 0 Å². The summed E-state index contributed by atoms with van der Waals surface area (Å²) < 4.78 is 22.9. The number of nitrogens with one attached hydrogen (secondary N) is 4. The summed E-state index contributed by atoms with van der Waals surface area (Å²) in [6.07, 6.45) is -15.4. The molecule has 48 heavy (non-hydrogen) atoms. The number of rotatable bonds is 16. The SMILES string of the molecule is CC(=O)N[C@H]1[C@H](O[C@H]2[C@H](O[C@H](C)C(=O)N[C@@H](C)C(=O)N[C@H](CCC(=O)O)C(=O)O)[C@@H](NC(C)=O)C(O)O[C@@H]2CO)O[C@H](CO)[C@@H](O)[C@@H]1O. The molecular weight excluding hydrogens is 652 g/mol. The molecule has 0 aromatic heterocycles. The fourth-order valence-corrected chi connectivity index (χ4v) is 5.04. The van der Waals surface area contributed by atoms with Gasteiger partial charge in [0, 0.05) is 20.3 Å². The van der Waals surface area contributed by atoms with Crippen LogP contribution in [0, 0.1) is 0 Å². The number of ether oxygens (including phenoxy) is 4. The van der Waals surface area contributed by atoms with Crippen molar-refractivity contribution in [1.29, 1.82) is 0 Å². The van der Waals surface area contributed by atoms with Gasteiger partial charge < -0.3 is 76.0 Å². The molecule has 0 aliphatic carbocycles. The zero-order chi connectivity index (χ0) is 36.5. The number of carboxylic acid groups (broad SMARTS) is 2. The molecule has 1 unspecified atom stereocenters. The van der Waals surface area contributed by atoms with Crippen LogP contribution in [0.4, 0.5) is 0 Å². The number of aliphatic carboxylic acids is 2. The predicted octanol–water partition coefficient (Wildman–Crippen LogP) is -5.76. The highest BCUT2D eigenvalue weighted by molar-refractivity contribution is 5.91. The van der Waals surface area contributed by atoms with Crippen molar-refractivity contribution in [2.45, 2.75) is 120 Å². The van der Waals surface area contributed by atoms with Gasteiger partial charge in [-0.2, -0.15) is 0 Å². The van der Waals surface area contributed by atoms with E-state index in [-0.39, 0.29) is 0 Å². The van der Waals surface area contributed by atoms with E-state index in [4.69, 9.17) is 24.1 Å². The maximum atomic E-state index is 13.1. The monoisotopic (exact) mass is 696 g/mol. The summed E-state index contributed by atoms with van der Waals surface area (Å²) in [6.45, 7) is 2.98. The Hall–Kier alpha value is -3.54. The van der Waals surface area contributed by atoms with Crippen LogP contribution < -0.4 is 21.3 Å². The highest BCUT2D eigenvalue weighted by Gasteiger charge is 2.52. The summed E-state index contributed by atoms with van der Waals surface area (Å²) in [5.74, 6) is -6.08. The van der Waals surface area contributed by atoms with Crippen molar-refractivity contribution in [3.8, 4) is 0 Å². The summed E-state index contributed by atoms with van der Waals surface area (Å²) >= 11 is 0. The van der Waals surface area contributed by atoms with Crippen molar-refractivity contribution >= 4 is 35.6 Å². The quantitative estimate of drug-likeness (QED) is 0.0716. The van der Waals surface area contributed by atoms with E-state index < -0.39 is 141 Å². The van der Waals surface area contributed by atoms with E-state index >= 15 is 0 Å². The molecule has 21 nitrogen and oxygen atoms in total. The molecule has 2 rings (SSSR count). The van der Waals surface area contributed by atoms with E-state index in [0.29, 0.717) is 0 Å². The van der Waals surface area contributed by atoms with E-state index in [0.717, 1.165) is 13.8 Å². The maximum absolute atomic E-state index is 13.1. The zero-order valence-corrected chi connectivity index (χ0v) is 26.5. The molecule has 21 heteroatoms. The van der Waals surface area contributed by atoms with Gasteiger partial charge in [-0.05, 0) is 20.3 Å². The van der Waals surface area contributed by atoms with Gasteiger partial charge in [0.15, 0.2) is 12.6 Å². The fraction of sp³-hybridized carbons (Fsp3) is 0.778. The third-order valence-corrected chi connectivity index (χ3v) is 7.50. The third-order valence-electron chi connectivity index (χ3n) is 7.50. The Kier molecular flexibility index (Phi) is 15.5. The van der Waals surface area contributed by atoms with E-state index in [9.17, 15) is 59.4 Å². The van der Waals surface area contributed by atoms with Crippen molar-refractivity contribution in [2.24, 2.45) is 0 Å². The summed E-state index contributed by atoms with van der Waals surface area (Å²) in [5.41, 5.74) is 0. The van der Waals surface area contributed by atoms with Gasteiger partial charge in [0.2, 0.25) is 23.6 Å². The number of carbonyl (C=O) groups is 6. The Morgan fingerprint density at radius 3 is 1.88 bits per heavy atom. The average Bonchev–Trinajstić information content (AvgIpc) is 3.00. The van der Waals surface area contributed by atoms with E-state index in [1.807, 2.05) is 0 Å². The third kappa shape index (κ3) is 11.0. The van der Waals surface area contributed by atoms with Gasteiger partial charge in [-0.25, -0.2) is 4.79 Å². The second-order valence-corrected chi connectivity index (χ2v) is 11.3. The first-order valence-electron chi connectivity index (χ1n) is 14.9. The normalized spacial score (nSPS) is 32.2. The van der Waals surface area contributed by atoms with Gasteiger partial charge in [-0.15, -0.1) is 0 Å². The topological polar surface area (TPSA) is 329 Å². The molecule has 2 fully saturated rings. The Bertz CT molecular complexity index is 1160. The molecule has 274 valence electrons. The fourth-order valence-electron chi connectivity index (χ4n) is 5.04. The standard InChI is InChI=1S/C27H44N4O17/c1-9(23(40)31-13(25(42)43)5-6-16(36)37)28-24(41)10(2)45-22-18(30-12(4)35)26(44)46-15(8-33)21(22)48-27-17(29-11(3)34)20(39)19(38)14(7-32)47-27/h9-10,13-15,17-22,26-27,32-33,38-39,44H,5-8H2,1-4H3,(H,28,41)(H,29,34)(H,30,35)(H,31,40)(H,36,37)(H,42,43)/t9-,10+,13+,14+,15+,17+,18+,19+,20+,21+,22+,26?,27-/m0/s1. The lowest BCUT2D eigenvalue weighted by Gasteiger charge is -2.48. The number of aliphatic hydroxyl groups excluding tert-OH is 5. The van der Waals surface area contributed by atoms with Gasteiger partial charge in [-0.3, -0.25) is 24.0 Å². The molecule has 2 aliphatic heterocycles. The number of carbonyl (C=O) groups excluding carboxylic acids is 4. The Morgan fingerprint density at radius 2 is 1.35 bits per heavy atom. The molecule has 11 N–H and O–H groups in total. The van der Waals surface area contributed by atoms with Crippen LogP contribution in [-0.2, 0) is 47.7 Å². The molecule has 2 aliphatic rings. The predicted molar refractivity (Wildman–Crippen MR) is 154 cm³/mol. The molecule has 0 spiro atoms. The van der Waals surface area contributed by atoms with E-state index in [2.05, 4.69) is 21.3 Å². The van der Waals surface area contributed by atoms with E-state index in [1.165, 1.54) is 13.8 Å². The summed E-state index contributed by atoms with van der Waals surface area (Å²) in [6, 6.07) is -5.87. The van der Waals surface area contributed by atoms with Crippen LogP contribution in [0.1, 0.15) is 40.5 Å². The van der Waals surface area contributed by atoms with E-state index in [1.54, 1.807) is 0 Å². The number of hydrogen-bond donors (Lipinski definition) is 11. The van der Waals surface area contributed by atoms with Gasteiger partial charge in [-0.1, -0.05) is 0 Å². The van der Waals surface area contributed by atoms with Gasteiger partial charge in [0.25, 0.3) is 0 Å². The van der Waals surface area contributed by atoms with Crippen molar-refractivity contribution < 1.29 is 83.5 Å². The van der Waals surface area contributed by atoms with Gasteiger partial charge >= 0.3 is 11.9 Å². The molecule has 0 aromatic rings. The minimum atomic E-state index is -1.84. The van der Waals surface area contributed by atoms with Crippen molar-refractivity contribution in [3.05, 3.63) is 0 Å².